The minimum atomic E-state index is -1.03. The van der Waals surface area contributed by atoms with Crippen LogP contribution in [-0.2, 0) is 9.53 Å². The molecule has 0 aromatic heterocycles. The fourth-order valence-corrected chi connectivity index (χ4v) is 5.51. The zero-order chi connectivity index (χ0) is 27.6. The third kappa shape index (κ3) is 5.29. The van der Waals surface area contributed by atoms with E-state index in [9.17, 15) is 18.8 Å². The lowest BCUT2D eigenvalue weighted by molar-refractivity contribution is -0.128. The largest absolute Gasteiger partial charge is 0.353 e. The Balaban J connectivity index is 1.39. The number of rotatable bonds is 5. The number of benzene rings is 3. The molecule has 3 amide bonds. The molecular weight excluding hydrogens is 497 g/mol. The predicted molar refractivity (Wildman–Crippen MR) is 144 cm³/mol. The second kappa shape index (κ2) is 11.0. The lowest BCUT2D eigenvalue weighted by atomic mass is 9.95. The van der Waals surface area contributed by atoms with Crippen LogP contribution < -0.4 is 5.32 Å². The molecule has 2 aliphatic rings. The third-order valence-corrected chi connectivity index (χ3v) is 7.72. The van der Waals surface area contributed by atoms with Crippen molar-refractivity contribution in [1.29, 1.82) is 0 Å². The Morgan fingerprint density at radius 2 is 1.64 bits per heavy atom. The van der Waals surface area contributed by atoms with Crippen LogP contribution in [-0.4, -0.2) is 59.0 Å². The summed E-state index contributed by atoms with van der Waals surface area (Å²) in [4.78, 5) is 43.9. The molecule has 2 fully saturated rings. The first kappa shape index (κ1) is 26.6. The van der Waals surface area contributed by atoms with E-state index in [1.807, 2.05) is 56.3 Å². The fourth-order valence-electron chi connectivity index (χ4n) is 5.51. The molecule has 2 saturated heterocycles. The van der Waals surface area contributed by atoms with E-state index in [1.54, 1.807) is 28.0 Å². The number of carbonyl (C=O) groups excluding carboxylic acids is 3. The van der Waals surface area contributed by atoms with Gasteiger partial charge in [0.1, 0.15) is 17.6 Å². The number of halogens is 1. The summed E-state index contributed by atoms with van der Waals surface area (Å²) in [6.45, 7) is 4.44. The molecule has 202 valence electrons. The maximum atomic E-state index is 14.0. The number of likely N-dealkylation sites (tertiary alicyclic amines) is 1. The number of aryl methyl sites for hydroxylation is 1. The van der Waals surface area contributed by atoms with Gasteiger partial charge in [-0.25, -0.2) is 4.39 Å². The van der Waals surface area contributed by atoms with Crippen LogP contribution >= 0.6 is 0 Å². The van der Waals surface area contributed by atoms with Gasteiger partial charge in [0.2, 0.25) is 5.91 Å². The Bertz CT molecular complexity index is 1370. The van der Waals surface area contributed by atoms with Gasteiger partial charge in [0.25, 0.3) is 11.8 Å². The van der Waals surface area contributed by atoms with Crippen molar-refractivity contribution in [3.8, 4) is 0 Å². The van der Waals surface area contributed by atoms with Crippen LogP contribution in [0.3, 0.4) is 0 Å². The molecule has 1 spiro atoms. The molecule has 2 heterocycles. The van der Waals surface area contributed by atoms with Crippen molar-refractivity contribution >= 4 is 17.7 Å². The molecule has 0 bridgehead atoms. The first-order valence-electron chi connectivity index (χ1n) is 13.2. The first-order chi connectivity index (χ1) is 18.8. The maximum absolute atomic E-state index is 14.0. The lowest BCUT2D eigenvalue weighted by Gasteiger charge is -2.44. The Hall–Kier alpha value is -4.04. The van der Waals surface area contributed by atoms with Crippen LogP contribution in [0.25, 0.3) is 0 Å². The number of nitrogens with one attached hydrogen (secondary N) is 1. The smallest absolute Gasteiger partial charge is 0.257 e. The van der Waals surface area contributed by atoms with E-state index < -0.39 is 17.6 Å². The Labute approximate surface area is 227 Å². The van der Waals surface area contributed by atoms with Crippen LogP contribution in [0.4, 0.5) is 4.39 Å². The number of hydrogen-bond acceptors (Lipinski definition) is 4. The monoisotopic (exact) mass is 529 g/mol. The highest BCUT2D eigenvalue weighted by molar-refractivity contribution is 5.99. The van der Waals surface area contributed by atoms with Crippen molar-refractivity contribution in [1.82, 2.24) is 15.1 Å². The molecule has 0 aliphatic carbocycles. The van der Waals surface area contributed by atoms with Crippen molar-refractivity contribution in [2.24, 2.45) is 0 Å². The Morgan fingerprint density at radius 3 is 2.33 bits per heavy atom. The van der Waals surface area contributed by atoms with Gasteiger partial charge in [-0.2, -0.15) is 0 Å². The highest BCUT2D eigenvalue weighted by Crippen LogP contribution is 2.39. The molecule has 2 atom stereocenters. The number of amides is 3. The van der Waals surface area contributed by atoms with Gasteiger partial charge >= 0.3 is 0 Å². The molecule has 3 aromatic rings. The van der Waals surface area contributed by atoms with E-state index in [0.29, 0.717) is 31.5 Å². The van der Waals surface area contributed by atoms with Crippen molar-refractivity contribution < 1.29 is 23.5 Å². The van der Waals surface area contributed by atoms with Crippen molar-refractivity contribution in [2.45, 2.75) is 44.5 Å². The normalized spacial score (nSPS) is 19.1. The summed E-state index contributed by atoms with van der Waals surface area (Å²) < 4.78 is 20.0. The minimum Gasteiger partial charge on any atom is -0.353 e. The standard InChI is InChI=1S/C31H32FN3O4/c1-21-9-6-7-14-26(21)30(38)35-27(28(36)33-22(2)23-10-4-3-5-11-23)20-39-31(35)15-17-34(18-16-31)29(37)24-12-8-13-25(32)19-24/h3-14,19,22,27H,15-18,20H2,1-2H3,(H,33,36)/t22-,27+/m0/s1. The van der Waals surface area contributed by atoms with Crippen molar-refractivity contribution in [3.05, 3.63) is 107 Å². The van der Waals surface area contributed by atoms with Crippen molar-refractivity contribution in [2.75, 3.05) is 19.7 Å². The lowest BCUT2D eigenvalue weighted by Crippen LogP contribution is -2.60. The van der Waals surface area contributed by atoms with E-state index in [4.69, 9.17) is 4.74 Å². The minimum absolute atomic E-state index is 0.0583. The van der Waals surface area contributed by atoms with E-state index in [0.717, 1.165) is 11.1 Å². The van der Waals surface area contributed by atoms with Crippen LogP contribution in [0.1, 0.15) is 57.7 Å². The van der Waals surface area contributed by atoms with Gasteiger partial charge in [0.05, 0.1) is 12.6 Å². The second-order valence-electron chi connectivity index (χ2n) is 10.2. The summed E-state index contributed by atoms with van der Waals surface area (Å²) in [7, 11) is 0. The summed E-state index contributed by atoms with van der Waals surface area (Å²) in [6.07, 6.45) is 0.674. The summed E-state index contributed by atoms with van der Waals surface area (Å²) >= 11 is 0. The summed E-state index contributed by atoms with van der Waals surface area (Å²) in [5.41, 5.74) is 1.52. The number of nitrogens with zero attached hydrogens (tertiary/aromatic N) is 2. The van der Waals surface area contributed by atoms with Crippen molar-refractivity contribution in [3.63, 3.8) is 0 Å². The zero-order valence-electron chi connectivity index (χ0n) is 22.1. The second-order valence-corrected chi connectivity index (χ2v) is 10.2. The number of piperidine rings is 1. The van der Waals surface area contributed by atoms with E-state index in [-0.39, 0.29) is 35.9 Å². The number of carbonyl (C=O) groups is 3. The summed E-state index contributed by atoms with van der Waals surface area (Å²) in [5, 5.41) is 3.05. The van der Waals surface area contributed by atoms with Crippen LogP contribution in [0, 0.1) is 12.7 Å². The van der Waals surface area contributed by atoms with E-state index in [1.165, 1.54) is 18.2 Å². The fraction of sp³-hybridized carbons (Fsp3) is 0.323. The molecule has 7 nitrogen and oxygen atoms in total. The molecule has 0 radical (unpaired) electrons. The molecule has 0 saturated carbocycles. The summed E-state index contributed by atoms with van der Waals surface area (Å²) in [6, 6.07) is 21.5. The Kier molecular flexibility index (Phi) is 7.48. The van der Waals surface area contributed by atoms with Gasteiger partial charge in [0.15, 0.2) is 0 Å². The number of hydrogen-bond donors (Lipinski definition) is 1. The van der Waals surface area contributed by atoms with Gasteiger partial charge in [-0.3, -0.25) is 19.3 Å². The quantitative estimate of drug-likeness (QED) is 0.529. The molecule has 0 unspecified atom stereocenters. The molecule has 2 aliphatic heterocycles. The van der Waals surface area contributed by atoms with E-state index >= 15 is 0 Å². The van der Waals surface area contributed by atoms with Crippen LogP contribution in [0.5, 0.6) is 0 Å². The highest BCUT2D eigenvalue weighted by Gasteiger charge is 2.54. The average molecular weight is 530 g/mol. The third-order valence-electron chi connectivity index (χ3n) is 7.72. The molecular formula is C31H32FN3O4. The molecule has 5 rings (SSSR count). The van der Waals surface area contributed by atoms with E-state index in [2.05, 4.69) is 5.32 Å². The number of ether oxygens (including phenoxy) is 1. The van der Waals surface area contributed by atoms with Crippen LogP contribution in [0.15, 0.2) is 78.9 Å². The first-order valence-corrected chi connectivity index (χ1v) is 13.2. The Morgan fingerprint density at radius 1 is 0.949 bits per heavy atom. The molecule has 1 N–H and O–H groups in total. The molecule has 3 aromatic carbocycles. The van der Waals surface area contributed by atoms with Gasteiger partial charge < -0.3 is 15.0 Å². The van der Waals surface area contributed by atoms with Gasteiger partial charge in [-0.15, -0.1) is 0 Å². The van der Waals surface area contributed by atoms with Gasteiger partial charge in [-0.05, 0) is 49.2 Å². The molecule has 39 heavy (non-hydrogen) atoms. The SMILES string of the molecule is Cc1ccccc1C(=O)N1[C@@H](C(=O)N[C@@H](C)c2ccccc2)COC12CCN(C(=O)c1cccc(F)c1)CC2. The topological polar surface area (TPSA) is 79.0 Å². The average Bonchev–Trinajstić information content (AvgIpc) is 3.32. The van der Waals surface area contributed by atoms with Gasteiger partial charge in [0, 0.05) is 37.1 Å². The van der Waals surface area contributed by atoms with Gasteiger partial charge in [-0.1, -0.05) is 54.6 Å². The zero-order valence-corrected chi connectivity index (χ0v) is 22.1. The maximum Gasteiger partial charge on any atom is 0.257 e. The predicted octanol–water partition coefficient (Wildman–Crippen LogP) is 4.49. The summed E-state index contributed by atoms with van der Waals surface area (Å²) in [5.74, 6) is -1.31. The molecule has 8 heteroatoms. The van der Waals surface area contributed by atoms with Crippen LogP contribution in [0.2, 0.25) is 0 Å². The highest BCUT2D eigenvalue weighted by atomic mass is 19.1.